The van der Waals surface area contributed by atoms with Crippen LogP contribution < -0.4 is 10.6 Å². The molecule has 1 amide bonds. The van der Waals surface area contributed by atoms with Crippen LogP contribution in [0.4, 0.5) is 5.69 Å². The highest BCUT2D eigenvalue weighted by molar-refractivity contribution is 5.92. The number of carboxylic acid groups (broad SMARTS) is 1. The molecule has 8 heteroatoms. The Morgan fingerprint density at radius 3 is 2.95 bits per heavy atom. The van der Waals surface area contributed by atoms with Crippen LogP contribution in [0.1, 0.15) is 5.69 Å². The van der Waals surface area contributed by atoms with Gasteiger partial charge in [-0.2, -0.15) is 5.10 Å². The number of carbonyl (C=O) groups excluding carboxylic acids is 1. The van der Waals surface area contributed by atoms with E-state index in [4.69, 9.17) is 5.11 Å². The van der Waals surface area contributed by atoms with Gasteiger partial charge in [0.15, 0.2) is 0 Å². The summed E-state index contributed by atoms with van der Waals surface area (Å²) >= 11 is 0. The number of aryl methyl sites for hydroxylation is 2. The third-order valence-corrected chi connectivity index (χ3v) is 3.48. The minimum absolute atomic E-state index is 0.155. The van der Waals surface area contributed by atoms with E-state index in [1.807, 2.05) is 11.8 Å². The van der Waals surface area contributed by atoms with Crippen molar-refractivity contribution >= 4 is 17.6 Å². The summed E-state index contributed by atoms with van der Waals surface area (Å²) in [6, 6.07) is 0. The van der Waals surface area contributed by atoms with Gasteiger partial charge in [0.2, 0.25) is 5.91 Å². The lowest BCUT2D eigenvalue weighted by Gasteiger charge is -2.21. The lowest BCUT2D eigenvalue weighted by Crippen LogP contribution is -2.38. The van der Waals surface area contributed by atoms with Crippen molar-refractivity contribution in [3.8, 4) is 0 Å². The van der Waals surface area contributed by atoms with Crippen LogP contribution in [0.25, 0.3) is 0 Å². The number of hydrogen-bond donors (Lipinski definition) is 3. The molecule has 1 saturated heterocycles. The van der Waals surface area contributed by atoms with E-state index in [1.54, 1.807) is 17.9 Å². The van der Waals surface area contributed by atoms with Gasteiger partial charge in [0.25, 0.3) is 0 Å². The van der Waals surface area contributed by atoms with Crippen LogP contribution in [-0.2, 0) is 16.6 Å². The molecule has 1 aliphatic rings. The van der Waals surface area contributed by atoms with E-state index >= 15 is 0 Å². The zero-order chi connectivity index (χ0) is 15.4. The van der Waals surface area contributed by atoms with Gasteiger partial charge in [0.1, 0.15) is 0 Å². The van der Waals surface area contributed by atoms with Crippen molar-refractivity contribution in [2.75, 3.05) is 38.0 Å². The van der Waals surface area contributed by atoms with E-state index in [0.29, 0.717) is 31.9 Å². The average Bonchev–Trinajstić information content (AvgIpc) is 2.62. The number of aliphatic carboxylic acids is 1. The van der Waals surface area contributed by atoms with Crippen molar-refractivity contribution in [1.82, 2.24) is 20.0 Å². The molecule has 2 rings (SSSR count). The molecule has 1 aromatic heterocycles. The second kappa shape index (κ2) is 6.68. The van der Waals surface area contributed by atoms with Crippen molar-refractivity contribution in [2.24, 2.45) is 13.0 Å². The van der Waals surface area contributed by atoms with Crippen molar-refractivity contribution < 1.29 is 14.7 Å². The molecule has 2 heterocycles. The lowest BCUT2D eigenvalue weighted by atomic mass is 10.1. The van der Waals surface area contributed by atoms with Crippen molar-refractivity contribution in [1.29, 1.82) is 0 Å². The Bertz CT molecular complexity index is 528. The molecule has 1 aromatic rings. The molecule has 21 heavy (non-hydrogen) atoms. The second-order valence-electron chi connectivity index (χ2n) is 5.32. The predicted molar refractivity (Wildman–Crippen MR) is 77.0 cm³/mol. The Hall–Kier alpha value is -1.93. The topological polar surface area (TPSA) is 99.5 Å². The molecule has 1 aliphatic heterocycles. The first kappa shape index (κ1) is 15.5. The summed E-state index contributed by atoms with van der Waals surface area (Å²) in [5, 5.41) is 19.2. The van der Waals surface area contributed by atoms with Gasteiger partial charge in [-0.05, 0) is 6.92 Å². The van der Waals surface area contributed by atoms with Gasteiger partial charge in [-0.15, -0.1) is 0 Å². The number of nitrogens with zero attached hydrogens (tertiary/aromatic N) is 3. The summed E-state index contributed by atoms with van der Waals surface area (Å²) < 4.78 is 1.64. The SMILES string of the molecule is Cc1nn(C)cc1NC(=O)CN1CCNC[C@H](C(=O)O)C1. The molecule has 1 fully saturated rings. The molecular formula is C13H21N5O3. The number of amides is 1. The molecule has 0 radical (unpaired) electrons. The Labute approximate surface area is 123 Å². The Morgan fingerprint density at radius 1 is 1.57 bits per heavy atom. The third-order valence-electron chi connectivity index (χ3n) is 3.48. The Balaban J connectivity index is 1.92. The first-order chi connectivity index (χ1) is 9.95. The highest BCUT2D eigenvalue weighted by Crippen LogP contribution is 2.11. The van der Waals surface area contributed by atoms with E-state index in [2.05, 4.69) is 15.7 Å². The maximum atomic E-state index is 12.1. The fourth-order valence-electron chi connectivity index (χ4n) is 2.41. The summed E-state index contributed by atoms with van der Waals surface area (Å²) in [6.07, 6.45) is 1.75. The molecule has 3 N–H and O–H groups in total. The van der Waals surface area contributed by atoms with Crippen molar-refractivity contribution in [3.63, 3.8) is 0 Å². The average molecular weight is 295 g/mol. The highest BCUT2D eigenvalue weighted by atomic mass is 16.4. The lowest BCUT2D eigenvalue weighted by molar-refractivity contribution is -0.142. The van der Waals surface area contributed by atoms with Gasteiger partial charge in [-0.25, -0.2) is 0 Å². The quantitative estimate of drug-likeness (QED) is 0.677. The van der Waals surface area contributed by atoms with Crippen LogP contribution >= 0.6 is 0 Å². The van der Waals surface area contributed by atoms with Gasteiger partial charge in [0.05, 0.1) is 23.8 Å². The number of rotatable bonds is 4. The Kier molecular flexibility index (Phi) is 4.92. The molecule has 0 saturated carbocycles. The molecule has 0 aliphatic carbocycles. The number of carbonyl (C=O) groups is 2. The molecule has 8 nitrogen and oxygen atoms in total. The summed E-state index contributed by atoms with van der Waals surface area (Å²) in [4.78, 5) is 25.0. The number of hydrogen-bond acceptors (Lipinski definition) is 5. The standard InChI is InChI=1S/C13H21N5O3/c1-9-11(7-17(2)16-9)15-12(19)8-18-4-3-14-5-10(6-18)13(20)21/h7,10,14H,3-6,8H2,1-2H3,(H,15,19)(H,20,21)/t10-/m0/s1. The van der Waals surface area contributed by atoms with Crippen LogP contribution in [-0.4, -0.2) is 64.4 Å². The van der Waals surface area contributed by atoms with Gasteiger partial charge in [-0.1, -0.05) is 0 Å². The maximum Gasteiger partial charge on any atom is 0.309 e. The van der Waals surface area contributed by atoms with E-state index in [-0.39, 0.29) is 12.5 Å². The number of anilines is 1. The molecule has 116 valence electrons. The largest absolute Gasteiger partial charge is 0.481 e. The summed E-state index contributed by atoms with van der Waals surface area (Å²) in [5.74, 6) is -1.48. The van der Waals surface area contributed by atoms with Crippen LogP contribution in [0.2, 0.25) is 0 Å². The summed E-state index contributed by atoms with van der Waals surface area (Å²) in [7, 11) is 1.79. The monoisotopic (exact) mass is 295 g/mol. The normalized spacial score (nSPS) is 20.0. The molecular weight excluding hydrogens is 274 g/mol. The highest BCUT2D eigenvalue weighted by Gasteiger charge is 2.24. The zero-order valence-corrected chi connectivity index (χ0v) is 12.3. The maximum absolute atomic E-state index is 12.1. The third kappa shape index (κ3) is 4.27. The molecule has 0 aromatic carbocycles. The minimum atomic E-state index is -0.835. The molecule has 0 unspecified atom stereocenters. The van der Waals surface area contributed by atoms with Gasteiger partial charge >= 0.3 is 5.97 Å². The van der Waals surface area contributed by atoms with Crippen molar-refractivity contribution in [3.05, 3.63) is 11.9 Å². The van der Waals surface area contributed by atoms with Crippen LogP contribution in [0.15, 0.2) is 6.20 Å². The van der Waals surface area contributed by atoms with Crippen LogP contribution in [0, 0.1) is 12.8 Å². The number of aromatic nitrogens is 2. The van der Waals surface area contributed by atoms with Gasteiger partial charge in [0, 0.05) is 39.4 Å². The number of nitrogens with one attached hydrogen (secondary N) is 2. The van der Waals surface area contributed by atoms with Crippen molar-refractivity contribution in [2.45, 2.75) is 6.92 Å². The molecule has 0 spiro atoms. The zero-order valence-electron chi connectivity index (χ0n) is 12.3. The molecule has 1 atom stereocenters. The van der Waals surface area contributed by atoms with E-state index < -0.39 is 11.9 Å². The second-order valence-corrected chi connectivity index (χ2v) is 5.32. The summed E-state index contributed by atoms with van der Waals surface area (Å²) in [6.45, 7) is 4.16. The molecule has 0 bridgehead atoms. The fourth-order valence-corrected chi connectivity index (χ4v) is 2.41. The van der Waals surface area contributed by atoms with E-state index in [0.717, 1.165) is 5.69 Å². The fraction of sp³-hybridized carbons (Fsp3) is 0.615. The predicted octanol–water partition coefficient (Wildman–Crippen LogP) is -0.727. The first-order valence-corrected chi connectivity index (χ1v) is 6.91. The smallest absolute Gasteiger partial charge is 0.309 e. The first-order valence-electron chi connectivity index (χ1n) is 6.91. The van der Waals surface area contributed by atoms with Gasteiger partial charge < -0.3 is 15.7 Å². The van der Waals surface area contributed by atoms with Gasteiger partial charge in [-0.3, -0.25) is 19.2 Å². The van der Waals surface area contributed by atoms with E-state index in [9.17, 15) is 9.59 Å². The minimum Gasteiger partial charge on any atom is -0.481 e. The van der Waals surface area contributed by atoms with E-state index in [1.165, 1.54) is 0 Å². The Morgan fingerprint density at radius 2 is 2.33 bits per heavy atom. The summed E-state index contributed by atoms with van der Waals surface area (Å²) in [5.41, 5.74) is 1.44. The number of carboxylic acids is 1. The van der Waals surface area contributed by atoms with Crippen LogP contribution in [0.3, 0.4) is 0 Å². The van der Waals surface area contributed by atoms with Crippen LogP contribution in [0.5, 0.6) is 0 Å².